The number of hydrogen-bond acceptors (Lipinski definition) is 6. The predicted molar refractivity (Wildman–Crippen MR) is 124 cm³/mol. The third kappa shape index (κ3) is 4.16. The maximum absolute atomic E-state index is 9.47. The summed E-state index contributed by atoms with van der Waals surface area (Å²) in [6.45, 7) is 6.62. The van der Waals surface area contributed by atoms with Gasteiger partial charge in [-0.15, -0.1) is 0 Å². The van der Waals surface area contributed by atoms with E-state index in [0.29, 0.717) is 17.0 Å². The number of fused-ring (bicyclic) bond motifs is 1. The summed E-state index contributed by atoms with van der Waals surface area (Å²) in [6, 6.07) is 13.8. The number of halogens is 1. The van der Waals surface area contributed by atoms with Gasteiger partial charge in [-0.25, -0.2) is 4.98 Å². The molecule has 2 aliphatic heterocycles. The Kier molecular flexibility index (Phi) is 5.28. The zero-order valence-corrected chi connectivity index (χ0v) is 18.9. The van der Waals surface area contributed by atoms with Crippen molar-refractivity contribution in [1.29, 1.82) is 5.26 Å². The van der Waals surface area contributed by atoms with Crippen molar-refractivity contribution in [2.45, 2.75) is 25.0 Å². The van der Waals surface area contributed by atoms with Gasteiger partial charge in [-0.3, -0.25) is 9.88 Å². The first-order chi connectivity index (χ1) is 15.5. The minimum atomic E-state index is 0.107. The van der Waals surface area contributed by atoms with E-state index in [2.05, 4.69) is 54.8 Å². The zero-order chi connectivity index (χ0) is 22.2. The summed E-state index contributed by atoms with van der Waals surface area (Å²) in [7, 11) is 0. The van der Waals surface area contributed by atoms with Crippen LogP contribution in [0.4, 0.5) is 5.69 Å². The van der Waals surface area contributed by atoms with Crippen LogP contribution in [0.1, 0.15) is 25.3 Å². The summed E-state index contributed by atoms with van der Waals surface area (Å²) >= 11 is 3.40. The third-order valence-corrected chi connectivity index (χ3v) is 6.59. The van der Waals surface area contributed by atoms with Gasteiger partial charge in [-0.05, 0) is 58.7 Å². The molecule has 4 heterocycles. The van der Waals surface area contributed by atoms with Crippen LogP contribution >= 0.6 is 15.9 Å². The molecular formula is C24H24BrN5O. The van der Waals surface area contributed by atoms with E-state index >= 15 is 0 Å². The van der Waals surface area contributed by atoms with E-state index in [1.165, 1.54) is 5.56 Å². The molecule has 0 bridgehead atoms. The summed E-state index contributed by atoms with van der Waals surface area (Å²) in [5, 5.41) is 10.4. The molecule has 31 heavy (non-hydrogen) atoms. The third-order valence-electron chi connectivity index (χ3n) is 6.12. The van der Waals surface area contributed by atoms with Gasteiger partial charge in [0.1, 0.15) is 10.7 Å². The molecule has 0 aliphatic carbocycles. The largest absolute Gasteiger partial charge is 0.370 e. The number of anilines is 1. The molecule has 0 radical (unpaired) electrons. The fourth-order valence-corrected chi connectivity index (χ4v) is 4.89. The average molecular weight is 479 g/mol. The fourth-order valence-electron chi connectivity index (χ4n) is 4.66. The van der Waals surface area contributed by atoms with Crippen molar-refractivity contribution in [3.63, 3.8) is 0 Å². The highest BCUT2D eigenvalue weighted by Crippen LogP contribution is 2.32. The molecule has 0 N–H and O–H groups in total. The smallest absolute Gasteiger partial charge is 0.106 e. The maximum atomic E-state index is 9.47. The number of morpholine rings is 1. The zero-order valence-electron chi connectivity index (χ0n) is 18.3. The maximum Gasteiger partial charge on any atom is 0.106 e. The normalized spacial score (nSPS) is 22.7. The van der Waals surface area contributed by atoms with Gasteiger partial charge < -0.3 is 9.64 Å². The Hall–Kier alpha value is -2.53. The number of ether oxygens (including phenoxy) is 1. The van der Waals surface area contributed by atoms with Gasteiger partial charge >= 0.3 is 0 Å². The van der Waals surface area contributed by atoms with Crippen molar-refractivity contribution in [3.05, 3.63) is 64.5 Å². The Morgan fingerprint density at radius 1 is 1.19 bits per heavy atom. The van der Waals surface area contributed by atoms with E-state index < -0.39 is 0 Å². The molecule has 6 nitrogen and oxygen atoms in total. The molecule has 2 atom stereocenters. The van der Waals surface area contributed by atoms with Crippen LogP contribution in [0.3, 0.4) is 0 Å². The predicted octanol–water partition coefficient (Wildman–Crippen LogP) is 3.96. The lowest BCUT2D eigenvalue weighted by molar-refractivity contribution is -0.0435. The molecule has 158 valence electrons. The Morgan fingerprint density at radius 3 is 2.84 bits per heavy atom. The van der Waals surface area contributed by atoms with Crippen molar-refractivity contribution < 1.29 is 6.11 Å². The van der Waals surface area contributed by atoms with Gasteiger partial charge in [-0.2, -0.15) is 5.26 Å². The first kappa shape index (κ1) is 19.2. The van der Waals surface area contributed by atoms with E-state index in [4.69, 9.17) is 6.11 Å². The van der Waals surface area contributed by atoms with E-state index in [-0.39, 0.29) is 18.4 Å². The fraction of sp³-hybridized carbons (Fsp3) is 0.375. The second-order valence-electron chi connectivity index (χ2n) is 8.38. The molecule has 2 fully saturated rings. The standard InChI is InChI=1S/C24H24BrN5O/c1-16-11-30(22-6-4-17(9-26)24-21(22)3-2-8-27-24)15-20(31-16)14-29-12-19(13-29)18-5-7-23(25)28-10-18/h2-8,10,16,19-20H,11-15H2,1H3/t16-,20+/m1/s1/i8D. The molecule has 0 unspecified atom stereocenters. The quantitative estimate of drug-likeness (QED) is 0.528. The lowest BCUT2D eigenvalue weighted by atomic mass is 9.92. The number of rotatable bonds is 4. The Morgan fingerprint density at radius 2 is 2.06 bits per heavy atom. The molecule has 0 amide bonds. The highest BCUT2D eigenvalue weighted by atomic mass is 79.9. The highest BCUT2D eigenvalue weighted by Gasteiger charge is 2.33. The molecule has 1 aromatic carbocycles. The number of likely N-dealkylation sites (tertiary alicyclic amines) is 1. The van der Waals surface area contributed by atoms with Gasteiger partial charge in [0.2, 0.25) is 0 Å². The molecule has 0 spiro atoms. The van der Waals surface area contributed by atoms with E-state index in [1.54, 1.807) is 6.07 Å². The second kappa shape index (κ2) is 8.54. The number of pyridine rings is 2. The van der Waals surface area contributed by atoms with Crippen molar-refractivity contribution in [2.75, 3.05) is 37.6 Å². The van der Waals surface area contributed by atoms with Crippen molar-refractivity contribution in [3.8, 4) is 6.07 Å². The van der Waals surface area contributed by atoms with Gasteiger partial charge in [0.15, 0.2) is 0 Å². The highest BCUT2D eigenvalue weighted by molar-refractivity contribution is 9.10. The Labute approximate surface area is 192 Å². The van der Waals surface area contributed by atoms with Crippen LogP contribution in [0.5, 0.6) is 0 Å². The molecule has 3 aromatic rings. The van der Waals surface area contributed by atoms with Crippen LogP contribution in [0.2, 0.25) is 0 Å². The summed E-state index contributed by atoms with van der Waals surface area (Å²) in [5.74, 6) is 0.528. The lowest BCUT2D eigenvalue weighted by Gasteiger charge is -2.45. The van der Waals surface area contributed by atoms with Gasteiger partial charge in [0.25, 0.3) is 0 Å². The number of benzene rings is 1. The van der Waals surface area contributed by atoms with Gasteiger partial charge in [0.05, 0.1) is 24.7 Å². The molecule has 2 aliphatic rings. The van der Waals surface area contributed by atoms with E-state index in [9.17, 15) is 5.26 Å². The van der Waals surface area contributed by atoms with Crippen molar-refractivity contribution in [2.24, 2.45) is 0 Å². The number of nitriles is 1. The SMILES string of the molecule is [2H]c1ccc2c(N3C[C@H](CN4CC(c5ccc(Br)nc5)C4)O[C@H](C)C3)ccc(C#N)c2n1. The van der Waals surface area contributed by atoms with Crippen LogP contribution in [0, 0.1) is 11.3 Å². The molecular weight excluding hydrogens is 454 g/mol. The van der Waals surface area contributed by atoms with Crippen LogP contribution in [0.15, 0.2) is 53.4 Å². The molecule has 0 saturated carbocycles. The summed E-state index contributed by atoms with van der Waals surface area (Å²) in [6.07, 6.45) is 2.35. The monoisotopic (exact) mass is 478 g/mol. The summed E-state index contributed by atoms with van der Waals surface area (Å²) in [5.41, 5.74) is 3.44. The van der Waals surface area contributed by atoms with Crippen LogP contribution in [0.25, 0.3) is 10.9 Å². The van der Waals surface area contributed by atoms with Crippen LogP contribution in [-0.4, -0.2) is 59.8 Å². The average Bonchev–Trinajstić information content (AvgIpc) is 2.75. The summed E-state index contributed by atoms with van der Waals surface area (Å²) in [4.78, 5) is 13.5. The van der Waals surface area contributed by atoms with E-state index in [0.717, 1.165) is 48.4 Å². The van der Waals surface area contributed by atoms with Gasteiger partial charge in [0, 0.05) is 62.1 Å². The molecule has 2 saturated heterocycles. The summed E-state index contributed by atoms with van der Waals surface area (Å²) < 4.78 is 15.0. The van der Waals surface area contributed by atoms with Crippen LogP contribution < -0.4 is 4.90 Å². The first-order valence-corrected chi connectivity index (χ1v) is 11.3. The molecule has 2 aromatic heterocycles. The lowest BCUT2D eigenvalue weighted by Crippen LogP contribution is -2.55. The topological polar surface area (TPSA) is 65.3 Å². The molecule has 7 heteroatoms. The van der Waals surface area contributed by atoms with Crippen molar-refractivity contribution in [1.82, 2.24) is 14.9 Å². The van der Waals surface area contributed by atoms with E-state index in [1.807, 2.05) is 30.5 Å². The molecule has 5 rings (SSSR count). The second-order valence-corrected chi connectivity index (χ2v) is 9.20. The number of nitrogens with zero attached hydrogens (tertiary/aromatic N) is 5. The Bertz CT molecular complexity index is 1180. The van der Waals surface area contributed by atoms with Gasteiger partial charge in [-0.1, -0.05) is 6.07 Å². The van der Waals surface area contributed by atoms with Crippen LogP contribution in [-0.2, 0) is 4.74 Å². The first-order valence-electron chi connectivity index (χ1n) is 11.0. The van der Waals surface area contributed by atoms with Crippen molar-refractivity contribution >= 4 is 32.5 Å². The number of hydrogen-bond donors (Lipinski definition) is 0. The Balaban J connectivity index is 1.29. The number of aromatic nitrogens is 2. The minimum Gasteiger partial charge on any atom is -0.370 e. The minimum absolute atomic E-state index is 0.107.